The summed E-state index contributed by atoms with van der Waals surface area (Å²) in [6.45, 7) is 0. The van der Waals surface area contributed by atoms with E-state index in [1.165, 1.54) is 5.56 Å². The number of carbonyl (C=O) groups is 1. The third-order valence-corrected chi connectivity index (χ3v) is 2.87. The van der Waals surface area contributed by atoms with Crippen LogP contribution in [0, 0.1) is 11.8 Å². The van der Waals surface area contributed by atoms with Gasteiger partial charge in [0.25, 0.3) is 0 Å². The Morgan fingerprint density at radius 1 is 1.71 bits per heavy atom. The second-order valence-corrected chi connectivity index (χ2v) is 4.10. The monoisotopic (exact) mass is 194 g/mol. The molecule has 1 aromatic rings. The minimum Gasteiger partial charge on any atom is -0.481 e. The van der Waals surface area contributed by atoms with E-state index in [-0.39, 0.29) is 5.92 Å². The van der Waals surface area contributed by atoms with Crippen molar-refractivity contribution in [3.8, 4) is 0 Å². The molecular formula is C10H14N2O2. The molecule has 0 atom stereocenters. The quantitative estimate of drug-likeness (QED) is 0.783. The van der Waals surface area contributed by atoms with Gasteiger partial charge in [0, 0.05) is 13.2 Å². The van der Waals surface area contributed by atoms with Crippen LogP contribution in [-0.4, -0.2) is 20.9 Å². The van der Waals surface area contributed by atoms with E-state index in [0.29, 0.717) is 5.92 Å². The van der Waals surface area contributed by atoms with Gasteiger partial charge < -0.3 is 5.11 Å². The van der Waals surface area contributed by atoms with E-state index in [4.69, 9.17) is 5.11 Å². The fourth-order valence-electron chi connectivity index (χ4n) is 2.01. The number of carboxylic acids is 1. The minimum absolute atomic E-state index is 0.100. The zero-order valence-corrected chi connectivity index (χ0v) is 8.18. The maximum absolute atomic E-state index is 10.6. The van der Waals surface area contributed by atoms with Gasteiger partial charge in [-0.1, -0.05) is 0 Å². The van der Waals surface area contributed by atoms with Crippen LogP contribution >= 0.6 is 0 Å². The zero-order chi connectivity index (χ0) is 10.1. The number of aliphatic carboxylic acids is 1. The fourth-order valence-corrected chi connectivity index (χ4v) is 2.01. The van der Waals surface area contributed by atoms with Crippen molar-refractivity contribution in [2.24, 2.45) is 18.9 Å². The van der Waals surface area contributed by atoms with Crippen molar-refractivity contribution < 1.29 is 9.90 Å². The summed E-state index contributed by atoms with van der Waals surface area (Å²) in [5, 5.41) is 12.8. The van der Waals surface area contributed by atoms with Crippen LogP contribution in [0.25, 0.3) is 0 Å². The van der Waals surface area contributed by atoms with Crippen LogP contribution in [0.5, 0.6) is 0 Å². The Bertz CT molecular complexity index is 340. The molecule has 0 unspecified atom stereocenters. The standard InChI is InChI=1S/C10H14N2O2/c1-12-6-8(5-11-12)2-7-3-9(4-7)10(13)14/h5-7,9H,2-4H2,1H3,(H,13,14). The van der Waals surface area contributed by atoms with Crippen molar-refractivity contribution in [3.63, 3.8) is 0 Å². The van der Waals surface area contributed by atoms with Crippen LogP contribution in [0.2, 0.25) is 0 Å². The number of hydrogen-bond acceptors (Lipinski definition) is 2. The SMILES string of the molecule is Cn1cc(CC2CC(C(=O)O)C2)cn1. The van der Waals surface area contributed by atoms with Gasteiger partial charge in [-0.15, -0.1) is 0 Å². The highest BCUT2D eigenvalue weighted by molar-refractivity contribution is 5.71. The summed E-state index contributed by atoms with van der Waals surface area (Å²) in [5.41, 5.74) is 1.21. The average Bonchev–Trinajstić information content (AvgIpc) is 2.42. The molecule has 1 aliphatic rings. The Kier molecular flexibility index (Phi) is 2.27. The van der Waals surface area contributed by atoms with E-state index in [0.717, 1.165) is 19.3 Å². The fraction of sp³-hybridized carbons (Fsp3) is 0.600. The Labute approximate surface area is 82.5 Å². The highest BCUT2D eigenvalue weighted by Crippen LogP contribution is 2.35. The summed E-state index contributed by atoms with van der Waals surface area (Å²) in [4.78, 5) is 10.6. The third kappa shape index (κ3) is 1.78. The molecule has 1 heterocycles. The molecule has 1 aromatic heterocycles. The number of carboxylic acid groups (broad SMARTS) is 1. The molecule has 14 heavy (non-hydrogen) atoms. The van der Waals surface area contributed by atoms with Crippen molar-refractivity contribution in [1.82, 2.24) is 9.78 Å². The molecule has 0 bridgehead atoms. The van der Waals surface area contributed by atoms with E-state index < -0.39 is 5.97 Å². The van der Waals surface area contributed by atoms with Crippen LogP contribution in [0.4, 0.5) is 0 Å². The summed E-state index contributed by atoms with van der Waals surface area (Å²) in [5.74, 6) is -0.204. The number of hydrogen-bond donors (Lipinski definition) is 1. The lowest BCUT2D eigenvalue weighted by molar-refractivity contribution is -0.146. The summed E-state index contributed by atoms with van der Waals surface area (Å²) in [6.07, 6.45) is 6.47. The summed E-state index contributed by atoms with van der Waals surface area (Å²) in [7, 11) is 1.89. The number of aromatic nitrogens is 2. The highest BCUT2D eigenvalue weighted by atomic mass is 16.4. The molecule has 76 valence electrons. The number of aryl methyl sites for hydroxylation is 1. The van der Waals surface area contributed by atoms with Crippen LogP contribution in [0.1, 0.15) is 18.4 Å². The van der Waals surface area contributed by atoms with Gasteiger partial charge in [0.2, 0.25) is 0 Å². The van der Waals surface area contributed by atoms with Gasteiger partial charge in [-0.3, -0.25) is 9.48 Å². The molecule has 0 spiro atoms. The molecule has 1 aliphatic carbocycles. The first-order valence-corrected chi connectivity index (χ1v) is 4.85. The predicted octanol–water partition coefficient (Wildman–Crippen LogP) is 1.07. The molecule has 0 aliphatic heterocycles. The summed E-state index contributed by atoms with van der Waals surface area (Å²) >= 11 is 0. The smallest absolute Gasteiger partial charge is 0.306 e. The third-order valence-electron chi connectivity index (χ3n) is 2.87. The Morgan fingerprint density at radius 3 is 2.93 bits per heavy atom. The van der Waals surface area contributed by atoms with Crippen molar-refractivity contribution in [3.05, 3.63) is 18.0 Å². The van der Waals surface area contributed by atoms with E-state index in [1.54, 1.807) is 4.68 Å². The molecular weight excluding hydrogens is 180 g/mol. The second-order valence-electron chi connectivity index (χ2n) is 4.10. The summed E-state index contributed by atoms with van der Waals surface area (Å²) in [6, 6.07) is 0. The Balaban J connectivity index is 1.82. The van der Waals surface area contributed by atoms with E-state index in [1.807, 2.05) is 19.4 Å². The van der Waals surface area contributed by atoms with Crippen LogP contribution < -0.4 is 0 Å². The van der Waals surface area contributed by atoms with Crippen LogP contribution in [0.3, 0.4) is 0 Å². The lowest BCUT2D eigenvalue weighted by atomic mass is 9.72. The van der Waals surface area contributed by atoms with E-state index in [9.17, 15) is 4.79 Å². The first-order chi connectivity index (χ1) is 6.65. The van der Waals surface area contributed by atoms with Crippen molar-refractivity contribution >= 4 is 5.97 Å². The van der Waals surface area contributed by atoms with E-state index in [2.05, 4.69) is 5.10 Å². The van der Waals surface area contributed by atoms with Crippen molar-refractivity contribution in [2.45, 2.75) is 19.3 Å². The molecule has 1 fully saturated rings. The topological polar surface area (TPSA) is 55.1 Å². The first-order valence-electron chi connectivity index (χ1n) is 4.85. The molecule has 0 saturated heterocycles. The van der Waals surface area contributed by atoms with Gasteiger partial charge in [-0.05, 0) is 30.7 Å². The van der Waals surface area contributed by atoms with Crippen molar-refractivity contribution in [2.75, 3.05) is 0 Å². The largest absolute Gasteiger partial charge is 0.481 e. The second kappa shape index (κ2) is 3.44. The van der Waals surface area contributed by atoms with Gasteiger partial charge in [-0.25, -0.2) is 0 Å². The normalized spacial score (nSPS) is 25.8. The molecule has 0 radical (unpaired) electrons. The lowest BCUT2D eigenvalue weighted by Crippen LogP contribution is -2.31. The van der Waals surface area contributed by atoms with Gasteiger partial charge in [0.05, 0.1) is 12.1 Å². The lowest BCUT2D eigenvalue weighted by Gasteiger charge is -2.31. The number of rotatable bonds is 3. The minimum atomic E-state index is -0.646. The Hall–Kier alpha value is -1.32. The molecule has 4 nitrogen and oxygen atoms in total. The maximum atomic E-state index is 10.6. The Morgan fingerprint density at radius 2 is 2.43 bits per heavy atom. The van der Waals surface area contributed by atoms with Gasteiger partial charge in [0.15, 0.2) is 0 Å². The molecule has 1 saturated carbocycles. The van der Waals surface area contributed by atoms with Crippen molar-refractivity contribution in [1.29, 1.82) is 0 Å². The zero-order valence-electron chi connectivity index (χ0n) is 8.18. The molecule has 2 rings (SSSR count). The van der Waals surface area contributed by atoms with Crippen LogP contribution in [-0.2, 0) is 18.3 Å². The maximum Gasteiger partial charge on any atom is 0.306 e. The average molecular weight is 194 g/mol. The molecule has 4 heteroatoms. The molecule has 1 N–H and O–H groups in total. The van der Waals surface area contributed by atoms with Crippen LogP contribution in [0.15, 0.2) is 12.4 Å². The predicted molar refractivity (Wildman–Crippen MR) is 50.8 cm³/mol. The van der Waals surface area contributed by atoms with Gasteiger partial charge in [0.1, 0.15) is 0 Å². The summed E-state index contributed by atoms with van der Waals surface area (Å²) < 4.78 is 1.78. The molecule has 0 amide bonds. The molecule has 0 aromatic carbocycles. The number of nitrogens with zero attached hydrogens (tertiary/aromatic N) is 2. The van der Waals surface area contributed by atoms with Gasteiger partial charge >= 0.3 is 5.97 Å². The van der Waals surface area contributed by atoms with Gasteiger partial charge in [-0.2, -0.15) is 5.10 Å². The first kappa shape index (κ1) is 9.24. The highest BCUT2D eigenvalue weighted by Gasteiger charge is 2.34. The van der Waals surface area contributed by atoms with E-state index >= 15 is 0 Å².